The van der Waals surface area contributed by atoms with Gasteiger partial charge in [0.15, 0.2) is 0 Å². The summed E-state index contributed by atoms with van der Waals surface area (Å²) in [6, 6.07) is 10.7. The van der Waals surface area contributed by atoms with E-state index in [1.807, 2.05) is 45.0 Å². The summed E-state index contributed by atoms with van der Waals surface area (Å²) in [7, 11) is 0. The van der Waals surface area contributed by atoms with Crippen molar-refractivity contribution in [1.82, 2.24) is 19.9 Å². The summed E-state index contributed by atoms with van der Waals surface area (Å²) in [5.74, 6) is -0.765. The van der Waals surface area contributed by atoms with E-state index in [1.54, 1.807) is 17.0 Å². The summed E-state index contributed by atoms with van der Waals surface area (Å²) in [5.41, 5.74) is 0.876. The van der Waals surface area contributed by atoms with Crippen molar-refractivity contribution in [2.45, 2.75) is 70.6 Å². The molecule has 1 fully saturated rings. The van der Waals surface area contributed by atoms with Crippen molar-refractivity contribution in [3.05, 3.63) is 76.9 Å². The van der Waals surface area contributed by atoms with E-state index in [4.69, 9.17) is 9.84 Å². The summed E-state index contributed by atoms with van der Waals surface area (Å²) in [4.78, 5) is 37.5. The third-order valence-electron chi connectivity index (χ3n) is 6.88. The number of alkyl halides is 3. The first-order chi connectivity index (χ1) is 19.8. The van der Waals surface area contributed by atoms with Gasteiger partial charge in [-0.2, -0.15) is 13.2 Å². The van der Waals surface area contributed by atoms with E-state index in [1.165, 1.54) is 6.20 Å². The number of nitrogens with zero attached hydrogens (tertiary/aromatic N) is 4. The van der Waals surface area contributed by atoms with Crippen LogP contribution in [0.4, 0.5) is 29.6 Å². The van der Waals surface area contributed by atoms with Crippen molar-refractivity contribution >= 4 is 23.7 Å². The van der Waals surface area contributed by atoms with Gasteiger partial charge in [-0.1, -0.05) is 18.2 Å². The monoisotopic (exact) mass is 593 g/mol. The maximum atomic E-state index is 13.7. The minimum absolute atomic E-state index is 0. The van der Waals surface area contributed by atoms with Crippen molar-refractivity contribution in [2.24, 2.45) is 0 Å². The number of hydrogen-bond donors (Lipinski definition) is 2. The standard InChI is InChI=1S/C30H34F3N5O4.Li.H/c1-29(2,3)42-28(41)38-15-12-20(13-16-38)19-6-8-22(9-7-19)36-27-35-18-23(30(31,32)33)25(37-27)11-10-24-21(17-26(39)40)5-4-14-34-24;;/h4-9,14,18,20H,10-13,15-17H2,1-3H3,(H,39,40)(H,35,36,37);;/q;+1;-1. The van der Waals surface area contributed by atoms with Crippen molar-refractivity contribution < 1.29 is 52.9 Å². The number of aliphatic carboxylic acids is 1. The van der Waals surface area contributed by atoms with Crippen molar-refractivity contribution in [2.75, 3.05) is 18.4 Å². The zero-order valence-electron chi connectivity index (χ0n) is 25.7. The molecule has 0 unspecified atom stereocenters. The molecule has 2 aromatic heterocycles. The van der Waals surface area contributed by atoms with E-state index >= 15 is 0 Å². The largest absolute Gasteiger partial charge is 1.00 e. The second kappa shape index (κ2) is 14.2. The van der Waals surface area contributed by atoms with Gasteiger partial charge in [-0.3, -0.25) is 9.78 Å². The van der Waals surface area contributed by atoms with Gasteiger partial charge >= 0.3 is 37.1 Å². The summed E-state index contributed by atoms with van der Waals surface area (Å²) < 4.78 is 46.6. The Hall–Kier alpha value is -3.62. The van der Waals surface area contributed by atoms with E-state index in [-0.39, 0.29) is 63.2 Å². The Bertz CT molecular complexity index is 1410. The molecule has 1 aliphatic heterocycles. The van der Waals surface area contributed by atoms with Crippen LogP contribution in [0.2, 0.25) is 0 Å². The minimum Gasteiger partial charge on any atom is -1.00 e. The molecule has 0 aliphatic carbocycles. The first kappa shape index (κ1) is 33.9. The molecule has 1 saturated heterocycles. The molecule has 3 heterocycles. The third-order valence-corrected chi connectivity index (χ3v) is 6.88. The number of halogens is 3. The van der Waals surface area contributed by atoms with Gasteiger partial charge in [0.05, 0.1) is 17.7 Å². The number of ether oxygens (including phenoxy) is 1. The van der Waals surface area contributed by atoms with E-state index in [0.717, 1.165) is 24.6 Å². The molecule has 1 aliphatic rings. The number of anilines is 2. The number of likely N-dealkylation sites (tertiary alicyclic amines) is 1. The number of carboxylic acid groups (broad SMARTS) is 1. The maximum absolute atomic E-state index is 13.7. The Morgan fingerprint density at radius 1 is 1.05 bits per heavy atom. The molecule has 0 saturated carbocycles. The minimum atomic E-state index is -4.65. The zero-order chi connectivity index (χ0) is 30.5. The molecule has 2 N–H and O–H groups in total. The van der Waals surface area contributed by atoms with Gasteiger partial charge in [0.2, 0.25) is 5.95 Å². The number of amides is 1. The molecular weight excluding hydrogens is 558 g/mol. The Balaban J connectivity index is 0.00000337. The van der Waals surface area contributed by atoms with E-state index in [9.17, 15) is 22.8 Å². The second-order valence-electron chi connectivity index (χ2n) is 11.2. The summed E-state index contributed by atoms with van der Waals surface area (Å²) in [6.45, 7) is 6.71. The summed E-state index contributed by atoms with van der Waals surface area (Å²) in [5, 5.41) is 12.1. The van der Waals surface area contributed by atoms with Crippen LogP contribution >= 0.6 is 0 Å². The number of piperidine rings is 1. The first-order valence-electron chi connectivity index (χ1n) is 13.7. The fourth-order valence-corrected chi connectivity index (χ4v) is 4.85. The average Bonchev–Trinajstić information content (AvgIpc) is 2.91. The number of aryl methyl sites for hydroxylation is 2. The molecule has 1 amide bonds. The molecule has 43 heavy (non-hydrogen) atoms. The second-order valence-corrected chi connectivity index (χ2v) is 11.2. The van der Waals surface area contributed by atoms with Crippen LogP contribution in [0.25, 0.3) is 0 Å². The first-order valence-corrected chi connectivity index (χ1v) is 13.7. The number of benzene rings is 1. The SMILES string of the molecule is CC(C)(C)OC(=O)N1CCC(c2ccc(Nc3ncc(C(F)(F)F)c(CCc4ncccc4CC(=O)O)n3)cc2)CC1.[H-].[Li+]. The van der Waals surface area contributed by atoms with Crippen molar-refractivity contribution in [3.63, 3.8) is 0 Å². The quantitative estimate of drug-likeness (QED) is 0.383. The van der Waals surface area contributed by atoms with Crippen LogP contribution < -0.4 is 24.2 Å². The fraction of sp³-hybridized carbons (Fsp3) is 0.433. The average molecular weight is 594 g/mol. The van der Waals surface area contributed by atoms with E-state index in [2.05, 4.69) is 20.3 Å². The van der Waals surface area contributed by atoms with E-state index in [0.29, 0.717) is 30.0 Å². The van der Waals surface area contributed by atoms with Crippen LogP contribution in [0.5, 0.6) is 0 Å². The Morgan fingerprint density at radius 3 is 2.30 bits per heavy atom. The van der Waals surface area contributed by atoms with E-state index < -0.39 is 23.3 Å². The van der Waals surface area contributed by atoms with Crippen molar-refractivity contribution in [3.8, 4) is 0 Å². The number of carboxylic acids is 1. The number of pyridine rings is 1. The van der Waals surface area contributed by atoms with Crippen LogP contribution in [0.15, 0.2) is 48.8 Å². The van der Waals surface area contributed by atoms with Crippen LogP contribution in [-0.4, -0.2) is 55.7 Å². The number of carbonyl (C=O) groups excluding carboxylic acids is 1. The Labute approximate surface area is 261 Å². The molecule has 13 heteroatoms. The smallest absolute Gasteiger partial charge is 1.00 e. The molecule has 0 bridgehead atoms. The number of nitrogens with one attached hydrogen (secondary N) is 1. The van der Waals surface area contributed by atoms with Crippen LogP contribution in [0.3, 0.4) is 0 Å². The van der Waals surface area contributed by atoms with Crippen LogP contribution in [-0.2, 0) is 35.0 Å². The third kappa shape index (κ3) is 9.69. The summed E-state index contributed by atoms with van der Waals surface area (Å²) in [6.07, 6.45) is -1.42. The predicted octanol–water partition coefficient (Wildman–Crippen LogP) is 3.28. The molecule has 3 aromatic rings. The molecule has 0 spiro atoms. The van der Waals surface area contributed by atoms with Gasteiger partial charge in [0, 0.05) is 36.9 Å². The molecular formula is C30H35F3LiN5O4. The predicted molar refractivity (Wildman–Crippen MR) is 151 cm³/mol. The molecule has 0 atom stereocenters. The zero-order valence-corrected chi connectivity index (χ0v) is 24.7. The molecule has 1 aromatic carbocycles. The Kier molecular flexibility index (Phi) is 11.2. The van der Waals surface area contributed by atoms with Crippen LogP contribution in [0, 0.1) is 0 Å². The van der Waals surface area contributed by atoms with Gasteiger partial charge < -0.3 is 21.5 Å². The van der Waals surface area contributed by atoms with Gasteiger partial charge in [-0.15, -0.1) is 0 Å². The Morgan fingerprint density at radius 2 is 1.70 bits per heavy atom. The summed E-state index contributed by atoms with van der Waals surface area (Å²) >= 11 is 0. The number of carbonyl (C=O) groups is 2. The van der Waals surface area contributed by atoms with Gasteiger partial charge in [-0.05, 0) is 81.7 Å². The van der Waals surface area contributed by atoms with Crippen molar-refractivity contribution in [1.29, 1.82) is 0 Å². The molecule has 0 radical (unpaired) electrons. The number of rotatable bonds is 8. The van der Waals surface area contributed by atoms with Crippen LogP contribution in [0.1, 0.15) is 69.0 Å². The number of aromatic nitrogens is 3. The maximum Gasteiger partial charge on any atom is 1.00 e. The van der Waals surface area contributed by atoms with Gasteiger partial charge in [0.25, 0.3) is 0 Å². The molecule has 9 nitrogen and oxygen atoms in total. The number of hydrogen-bond acceptors (Lipinski definition) is 7. The normalized spacial score (nSPS) is 14.1. The van der Waals surface area contributed by atoms with Gasteiger partial charge in [0.1, 0.15) is 5.60 Å². The molecule has 226 valence electrons. The fourth-order valence-electron chi connectivity index (χ4n) is 4.85. The molecule has 4 rings (SSSR count). The van der Waals surface area contributed by atoms with Gasteiger partial charge in [-0.25, -0.2) is 14.8 Å². The topological polar surface area (TPSA) is 118 Å².